The van der Waals surface area contributed by atoms with Crippen LogP contribution in [0.3, 0.4) is 0 Å². The van der Waals surface area contributed by atoms with Crippen LogP contribution in [0.4, 0.5) is 0 Å². The number of aromatic carboxylic acids is 1. The van der Waals surface area contributed by atoms with Crippen LogP contribution in [-0.4, -0.2) is 23.7 Å². The molecule has 0 aliphatic rings. The summed E-state index contributed by atoms with van der Waals surface area (Å²) in [5, 5.41) is 8.82. The Kier molecular flexibility index (Phi) is 4.29. The van der Waals surface area contributed by atoms with E-state index in [0.717, 1.165) is 5.56 Å². The molecule has 0 aliphatic heterocycles. The summed E-state index contributed by atoms with van der Waals surface area (Å²) in [7, 11) is 0. The number of rotatable bonds is 2. The second kappa shape index (κ2) is 5.71. The lowest BCUT2D eigenvalue weighted by molar-refractivity contribution is -0.136. The number of esters is 1. The van der Waals surface area contributed by atoms with E-state index in [9.17, 15) is 9.59 Å². The van der Waals surface area contributed by atoms with Crippen LogP contribution in [0.25, 0.3) is 0 Å². The van der Waals surface area contributed by atoms with Gasteiger partial charge >= 0.3 is 11.9 Å². The maximum Gasteiger partial charge on any atom is 0.384 e. The summed E-state index contributed by atoms with van der Waals surface area (Å²) in [6.07, 6.45) is 0. The van der Waals surface area contributed by atoms with Gasteiger partial charge in [0.25, 0.3) is 0 Å². The van der Waals surface area contributed by atoms with E-state index in [-0.39, 0.29) is 12.2 Å². The highest BCUT2D eigenvalue weighted by atomic mass is 16.5. The lowest BCUT2D eigenvalue weighted by Gasteiger charge is -1.99. The van der Waals surface area contributed by atoms with Crippen LogP contribution in [0.2, 0.25) is 0 Å². The molecule has 17 heavy (non-hydrogen) atoms. The second-order valence-corrected chi connectivity index (χ2v) is 3.31. The molecule has 0 spiro atoms. The standard InChI is InChI=1S/C13H12O4/c1-3-17-12(14)7-6-10-8-11(13(15)16)5-4-9(10)2/h4-5,8H,3H2,1-2H3,(H,15,16). The molecule has 0 saturated carbocycles. The van der Waals surface area contributed by atoms with Crippen LogP contribution in [0.1, 0.15) is 28.4 Å². The molecule has 1 rings (SSSR count). The van der Waals surface area contributed by atoms with Crippen LogP contribution < -0.4 is 0 Å². The Balaban J connectivity index is 3.01. The average molecular weight is 232 g/mol. The van der Waals surface area contributed by atoms with Crippen molar-refractivity contribution in [2.75, 3.05) is 6.61 Å². The summed E-state index contributed by atoms with van der Waals surface area (Å²) in [4.78, 5) is 21.8. The van der Waals surface area contributed by atoms with Gasteiger partial charge in [0.2, 0.25) is 0 Å². The third kappa shape index (κ3) is 3.65. The van der Waals surface area contributed by atoms with Crippen molar-refractivity contribution in [2.24, 2.45) is 0 Å². The highest BCUT2D eigenvalue weighted by molar-refractivity contribution is 5.90. The molecule has 88 valence electrons. The van der Waals surface area contributed by atoms with Crippen molar-refractivity contribution in [3.63, 3.8) is 0 Å². The molecule has 0 aromatic heterocycles. The zero-order valence-electron chi connectivity index (χ0n) is 9.61. The van der Waals surface area contributed by atoms with Gasteiger partial charge in [0, 0.05) is 11.5 Å². The molecule has 4 nitrogen and oxygen atoms in total. The van der Waals surface area contributed by atoms with Crippen molar-refractivity contribution in [1.29, 1.82) is 0 Å². The van der Waals surface area contributed by atoms with E-state index in [1.54, 1.807) is 19.9 Å². The maximum absolute atomic E-state index is 11.0. The highest BCUT2D eigenvalue weighted by Gasteiger charge is 2.04. The topological polar surface area (TPSA) is 63.6 Å². The Morgan fingerprint density at radius 1 is 1.41 bits per heavy atom. The summed E-state index contributed by atoms with van der Waals surface area (Å²) >= 11 is 0. The monoisotopic (exact) mass is 232 g/mol. The molecule has 0 unspecified atom stereocenters. The van der Waals surface area contributed by atoms with E-state index in [0.29, 0.717) is 5.56 Å². The number of aryl methyl sites for hydroxylation is 1. The molecule has 0 fully saturated rings. The first-order valence-electron chi connectivity index (χ1n) is 5.07. The molecule has 0 aliphatic carbocycles. The predicted octanol–water partition coefficient (Wildman–Crippen LogP) is 1.61. The van der Waals surface area contributed by atoms with Crippen LogP contribution in [0, 0.1) is 18.8 Å². The fourth-order valence-corrected chi connectivity index (χ4v) is 1.18. The van der Waals surface area contributed by atoms with Crippen molar-refractivity contribution >= 4 is 11.9 Å². The van der Waals surface area contributed by atoms with Crippen LogP contribution in [0.5, 0.6) is 0 Å². The lowest BCUT2D eigenvalue weighted by Crippen LogP contribution is -2.00. The number of carboxylic acids is 1. The van der Waals surface area contributed by atoms with Crippen molar-refractivity contribution in [3.8, 4) is 11.8 Å². The molecule has 4 heteroatoms. The summed E-state index contributed by atoms with van der Waals surface area (Å²) in [6.45, 7) is 3.75. The quantitative estimate of drug-likeness (QED) is 0.621. The number of hydrogen-bond donors (Lipinski definition) is 1. The fraction of sp³-hybridized carbons (Fsp3) is 0.231. The van der Waals surface area contributed by atoms with E-state index in [2.05, 4.69) is 16.6 Å². The number of carbonyl (C=O) groups is 2. The Hall–Kier alpha value is -2.28. The van der Waals surface area contributed by atoms with Crippen LogP contribution >= 0.6 is 0 Å². The van der Waals surface area contributed by atoms with Crippen molar-refractivity contribution < 1.29 is 19.4 Å². The number of benzene rings is 1. The van der Waals surface area contributed by atoms with Crippen LogP contribution in [0.15, 0.2) is 18.2 Å². The van der Waals surface area contributed by atoms with Gasteiger partial charge in [0.15, 0.2) is 0 Å². The first kappa shape index (κ1) is 12.8. The van der Waals surface area contributed by atoms with Gasteiger partial charge in [-0.3, -0.25) is 0 Å². The van der Waals surface area contributed by atoms with E-state index in [4.69, 9.17) is 5.11 Å². The Bertz CT molecular complexity index is 506. The third-order valence-electron chi connectivity index (χ3n) is 2.06. The minimum Gasteiger partial charge on any atom is -0.478 e. The Labute approximate surface area is 99.2 Å². The van der Waals surface area contributed by atoms with E-state index in [1.807, 2.05) is 0 Å². The molecular formula is C13H12O4. The van der Waals surface area contributed by atoms with Gasteiger partial charge in [-0.05, 0) is 31.5 Å². The first-order valence-corrected chi connectivity index (χ1v) is 5.07. The third-order valence-corrected chi connectivity index (χ3v) is 2.06. The van der Waals surface area contributed by atoms with Gasteiger partial charge in [-0.15, -0.1) is 0 Å². The van der Waals surface area contributed by atoms with Crippen molar-refractivity contribution in [2.45, 2.75) is 13.8 Å². The number of hydrogen-bond acceptors (Lipinski definition) is 3. The largest absolute Gasteiger partial charge is 0.478 e. The zero-order valence-corrected chi connectivity index (χ0v) is 9.61. The predicted molar refractivity (Wildman–Crippen MR) is 61.6 cm³/mol. The van der Waals surface area contributed by atoms with Gasteiger partial charge in [-0.25, -0.2) is 9.59 Å². The molecular weight excluding hydrogens is 220 g/mol. The highest BCUT2D eigenvalue weighted by Crippen LogP contribution is 2.10. The summed E-state index contributed by atoms with van der Waals surface area (Å²) in [6, 6.07) is 4.58. The lowest BCUT2D eigenvalue weighted by atomic mass is 10.1. The Morgan fingerprint density at radius 2 is 2.12 bits per heavy atom. The number of ether oxygens (including phenoxy) is 1. The molecule has 1 N–H and O–H groups in total. The summed E-state index contributed by atoms with van der Waals surface area (Å²) in [5.41, 5.74) is 1.47. The SMILES string of the molecule is CCOC(=O)C#Cc1cc(C(=O)O)ccc1C. The minimum absolute atomic E-state index is 0.142. The molecule has 0 saturated heterocycles. The average Bonchev–Trinajstić information content (AvgIpc) is 2.28. The summed E-state index contributed by atoms with van der Waals surface area (Å²) < 4.78 is 4.65. The van der Waals surface area contributed by atoms with Gasteiger partial charge in [-0.2, -0.15) is 0 Å². The second-order valence-electron chi connectivity index (χ2n) is 3.31. The summed E-state index contributed by atoms with van der Waals surface area (Å²) in [5.74, 6) is 3.27. The van der Waals surface area contributed by atoms with E-state index < -0.39 is 11.9 Å². The first-order chi connectivity index (χ1) is 8.04. The van der Waals surface area contributed by atoms with E-state index >= 15 is 0 Å². The van der Waals surface area contributed by atoms with E-state index in [1.165, 1.54) is 12.1 Å². The molecule has 1 aromatic rings. The van der Waals surface area contributed by atoms with Gasteiger partial charge < -0.3 is 9.84 Å². The van der Waals surface area contributed by atoms with Gasteiger partial charge in [-0.1, -0.05) is 12.0 Å². The molecule has 0 amide bonds. The smallest absolute Gasteiger partial charge is 0.384 e. The zero-order chi connectivity index (χ0) is 12.8. The Morgan fingerprint density at radius 3 is 2.71 bits per heavy atom. The van der Waals surface area contributed by atoms with Gasteiger partial charge in [0.05, 0.1) is 12.2 Å². The molecule has 0 radical (unpaired) electrons. The minimum atomic E-state index is -1.02. The molecule has 1 aromatic carbocycles. The fourth-order valence-electron chi connectivity index (χ4n) is 1.18. The van der Waals surface area contributed by atoms with Crippen LogP contribution in [-0.2, 0) is 9.53 Å². The number of carbonyl (C=O) groups excluding carboxylic acids is 1. The molecule has 0 bridgehead atoms. The van der Waals surface area contributed by atoms with Gasteiger partial charge in [0.1, 0.15) is 0 Å². The van der Waals surface area contributed by atoms with Crippen molar-refractivity contribution in [1.82, 2.24) is 0 Å². The van der Waals surface area contributed by atoms with Crippen molar-refractivity contribution in [3.05, 3.63) is 34.9 Å². The molecule has 0 atom stereocenters. The maximum atomic E-state index is 11.0. The number of carboxylic acid groups (broad SMARTS) is 1. The normalized spacial score (nSPS) is 9.06. The molecule has 0 heterocycles.